The highest BCUT2D eigenvalue weighted by atomic mass is 35.5. The van der Waals surface area contributed by atoms with Gasteiger partial charge in [-0.1, -0.05) is 11.6 Å². The van der Waals surface area contributed by atoms with Crippen LogP contribution in [0.2, 0.25) is 5.02 Å². The Balaban J connectivity index is 2.57. The zero-order valence-electron chi connectivity index (χ0n) is 10.8. The number of phenols is 1. The molecule has 0 saturated heterocycles. The van der Waals surface area contributed by atoms with Crippen molar-refractivity contribution in [1.29, 1.82) is 0 Å². The minimum absolute atomic E-state index is 0.189. The van der Waals surface area contributed by atoms with Gasteiger partial charge in [0.05, 0.1) is 9.95 Å². The number of halogens is 1. The number of rotatable bonds is 2. The van der Waals surface area contributed by atoms with Crippen molar-refractivity contribution in [3.05, 3.63) is 38.0 Å². The molecule has 0 saturated carbocycles. The van der Waals surface area contributed by atoms with Gasteiger partial charge in [-0.05, 0) is 25.3 Å². The maximum atomic E-state index is 11.1. The summed E-state index contributed by atoms with van der Waals surface area (Å²) in [5, 5.41) is 23.8. The molecule has 0 spiro atoms. The second-order valence-electron chi connectivity index (χ2n) is 4.58. The molecule has 1 aliphatic rings. The maximum Gasteiger partial charge on any atom is 0.312 e. The lowest BCUT2D eigenvalue weighted by molar-refractivity contribution is -0.385. The highest BCUT2D eigenvalue weighted by Gasteiger charge is 2.24. The number of carbonyl (C=O) groups excluding carboxylic acids is 1. The monoisotopic (exact) mass is 296 g/mol. The van der Waals surface area contributed by atoms with Gasteiger partial charge in [-0.2, -0.15) is 0 Å². The molecule has 0 radical (unpaired) electrons. The summed E-state index contributed by atoms with van der Waals surface area (Å²) in [7, 11) is 0. The van der Waals surface area contributed by atoms with Gasteiger partial charge in [0, 0.05) is 29.8 Å². The largest absolute Gasteiger partial charge is 0.502 e. The van der Waals surface area contributed by atoms with Crippen LogP contribution in [0.4, 0.5) is 5.69 Å². The molecule has 1 aromatic carbocycles. The van der Waals surface area contributed by atoms with Crippen LogP contribution in [0.3, 0.4) is 0 Å². The Labute approximate surface area is 120 Å². The lowest BCUT2D eigenvalue weighted by Gasteiger charge is -2.09. The summed E-state index contributed by atoms with van der Waals surface area (Å²) in [5.41, 5.74) is 1.26. The van der Waals surface area contributed by atoms with Crippen LogP contribution in [-0.4, -0.2) is 15.9 Å². The zero-order valence-corrected chi connectivity index (χ0v) is 11.5. The number of hydrogen-bond acceptors (Lipinski definition) is 4. The van der Waals surface area contributed by atoms with Crippen molar-refractivity contribution in [1.82, 2.24) is 5.32 Å². The van der Waals surface area contributed by atoms with Gasteiger partial charge in [-0.25, -0.2) is 0 Å². The fourth-order valence-corrected chi connectivity index (χ4v) is 2.54. The Hall–Kier alpha value is -2.08. The molecule has 2 N–H and O–H groups in total. The molecule has 7 heteroatoms. The van der Waals surface area contributed by atoms with E-state index < -0.39 is 10.6 Å². The number of allylic oxidation sites excluding steroid dienone is 1. The van der Waals surface area contributed by atoms with E-state index in [1.165, 1.54) is 6.92 Å². The van der Waals surface area contributed by atoms with Crippen LogP contribution < -0.4 is 5.32 Å². The van der Waals surface area contributed by atoms with E-state index in [9.17, 15) is 20.0 Å². The smallest absolute Gasteiger partial charge is 0.312 e. The van der Waals surface area contributed by atoms with Crippen LogP contribution in [0.25, 0.3) is 6.08 Å². The first-order valence-electron chi connectivity index (χ1n) is 6.07. The van der Waals surface area contributed by atoms with Crippen LogP contribution in [-0.2, 0) is 11.2 Å². The van der Waals surface area contributed by atoms with Crippen molar-refractivity contribution in [2.45, 2.75) is 26.2 Å². The minimum atomic E-state index is -0.662. The third-order valence-electron chi connectivity index (χ3n) is 3.10. The summed E-state index contributed by atoms with van der Waals surface area (Å²) < 4.78 is 0. The quantitative estimate of drug-likeness (QED) is 0.648. The van der Waals surface area contributed by atoms with E-state index in [1.54, 1.807) is 6.08 Å². The van der Waals surface area contributed by atoms with Crippen LogP contribution in [0, 0.1) is 10.1 Å². The molecule has 0 unspecified atom stereocenters. The Morgan fingerprint density at radius 2 is 2.20 bits per heavy atom. The lowest BCUT2D eigenvalue weighted by Crippen LogP contribution is -2.18. The predicted molar refractivity (Wildman–Crippen MR) is 74.5 cm³/mol. The van der Waals surface area contributed by atoms with Gasteiger partial charge in [0.2, 0.25) is 5.91 Å². The molecule has 0 bridgehead atoms. The number of fused-ring (bicyclic) bond motifs is 1. The number of nitro groups is 1. The summed E-state index contributed by atoms with van der Waals surface area (Å²) in [5.74, 6) is -0.545. The number of nitrogens with zero attached hydrogens (tertiary/aromatic N) is 1. The number of carbonyl (C=O) groups is 1. The van der Waals surface area contributed by atoms with E-state index in [0.29, 0.717) is 36.1 Å². The summed E-state index contributed by atoms with van der Waals surface area (Å²) in [6.07, 6.45) is 3.39. The average Bonchev–Trinajstić information content (AvgIpc) is 2.55. The molecule has 106 valence electrons. The van der Waals surface area contributed by atoms with Crippen LogP contribution in [0.5, 0.6) is 5.75 Å². The fourth-order valence-electron chi connectivity index (χ4n) is 2.27. The number of phenolic OH excluding ortho intramolecular Hbond substituents is 1. The van der Waals surface area contributed by atoms with Gasteiger partial charge in [-0.15, -0.1) is 0 Å². The van der Waals surface area contributed by atoms with E-state index in [-0.39, 0.29) is 16.7 Å². The van der Waals surface area contributed by atoms with Gasteiger partial charge < -0.3 is 10.4 Å². The standard InChI is InChI=1S/C13H13ClN2O4/c1-7(17)15-8-3-2-4-9-10(5-8)11(14)6-12(13(9)18)16(19)20/h5-6,18H,2-4H2,1H3,(H,15,17). The van der Waals surface area contributed by atoms with E-state index in [1.807, 2.05) is 0 Å². The Morgan fingerprint density at radius 1 is 1.50 bits per heavy atom. The number of hydrogen-bond donors (Lipinski definition) is 2. The van der Waals surface area contributed by atoms with Gasteiger partial charge in [-0.3, -0.25) is 14.9 Å². The van der Waals surface area contributed by atoms with E-state index in [4.69, 9.17) is 11.6 Å². The molecule has 0 aromatic heterocycles. The van der Waals surface area contributed by atoms with E-state index in [2.05, 4.69) is 5.32 Å². The molecular weight excluding hydrogens is 284 g/mol. The van der Waals surface area contributed by atoms with E-state index in [0.717, 1.165) is 6.07 Å². The van der Waals surface area contributed by atoms with Crippen LogP contribution in [0.15, 0.2) is 11.8 Å². The highest BCUT2D eigenvalue weighted by Crippen LogP contribution is 2.40. The normalized spacial score (nSPS) is 14.0. The number of amides is 1. The van der Waals surface area contributed by atoms with Gasteiger partial charge >= 0.3 is 5.69 Å². The van der Waals surface area contributed by atoms with Crippen molar-refractivity contribution in [2.75, 3.05) is 0 Å². The maximum absolute atomic E-state index is 11.1. The SMILES string of the molecule is CC(=O)NC1=Cc2c(Cl)cc([N+](=O)[O-])c(O)c2CCC1. The third kappa shape index (κ3) is 2.75. The van der Waals surface area contributed by atoms with Crippen molar-refractivity contribution in [3.63, 3.8) is 0 Å². The second-order valence-corrected chi connectivity index (χ2v) is 4.99. The fraction of sp³-hybridized carbons (Fsp3) is 0.308. The molecule has 1 aromatic rings. The second kappa shape index (κ2) is 5.50. The van der Waals surface area contributed by atoms with Crippen molar-refractivity contribution < 1.29 is 14.8 Å². The van der Waals surface area contributed by atoms with Crippen LogP contribution in [0.1, 0.15) is 30.9 Å². The number of aromatic hydroxyl groups is 1. The average molecular weight is 297 g/mol. The zero-order chi connectivity index (χ0) is 14.9. The summed E-state index contributed by atoms with van der Waals surface area (Å²) in [6, 6.07) is 1.13. The molecule has 6 nitrogen and oxygen atoms in total. The molecule has 0 aliphatic heterocycles. The molecule has 1 aliphatic carbocycles. The highest BCUT2D eigenvalue weighted by molar-refractivity contribution is 6.32. The van der Waals surface area contributed by atoms with Crippen LogP contribution >= 0.6 is 11.6 Å². The number of benzene rings is 1. The molecule has 0 fully saturated rings. The molecule has 1 amide bonds. The van der Waals surface area contributed by atoms with Gasteiger partial charge in [0.25, 0.3) is 0 Å². The molecule has 20 heavy (non-hydrogen) atoms. The van der Waals surface area contributed by atoms with Gasteiger partial charge in [0.1, 0.15) is 0 Å². The first-order valence-corrected chi connectivity index (χ1v) is 6.45. The molecule has 0 heterocycles. The van der Waals surface area contributed by atoms with Gasteiger partial charge in [0.15, 0.2) is 5.75 Å². The number of nitrogens with one attached hydrogen (secondary N) is 1. The summed E-state index contributed by atoms with van der Waals surface area (Å²) in [6.45, 7) is 1.40. The van der Waals surface area contributed by atoms with Crippen molar-refractivity contribution in [3.8, 4) is 5.75 Å². The summed E-state index contributed by atoms with van der Waals surface area (Å²) in [4.78, 5) is 21.3. The Morgan fingerprint density at radius 3 is 2.80 bits per heavy atom. The predicted octanol–water partition coefficient (Wildman–Crippen LogP) is 2.77. The third-order valence-corrected chi connectivity index (χ3v) is 3.41. The Kier molecular flexibility index (Phi) is 3.94. The molecule has 2 rings (SSSR count). The molecule has 0 atom stereocenters. The Bertz CT molecular complexity index is 625. The first-order chi connectivity index (χ1) is 9.40. The van der Waals surface area contributed by atoms with Crippen molar-refractivity contribution >= 4 is 29.3 Å². The van der Waals surface area contributed by atoms with Crippen molar-refractivity contribution in [2.24, 2.45) is 0 Å². The molecular formula is C13H13ClN2O4. The number of nitro benzene ring substituents is 1. The lowest BCUT2D eigenvalue weighted by atomic mass is 10.0. The minimum Gasteiger partial charge on any atom is -0.502 e. The van der Waals surface area contributed by atoms with E-state index >= 15 is 0 Å². The first kappa shape index (κ1) is 14.3. The summed E-state index contributed by atoms with van der Waals surface area (Å²) >= 11 is 6.06. The topological polar surface area (TPSA) is 92.5 Å².